The van der Waals surface area contributed by atoms with Crippen LogP contribution in [0.3, 0.4) is 0 Å². The number of fused-ring (bicyclic) bond motifs is 1. The Morgan fingerprint density at radius 1 is 1.35 bits per heavy atom. The topological polar surface area (TPSA) is 104 Å². The van der Waals surface area contributed by atoms with E-state index in [0.29, 0.717) is 8.83 Å². The first kappa shape index (κ1) is 18.0. The lowest BCUT2D eigenvalue weighted by molar-refractivity contribution is -0.138. The molecule has 3 N–H and O–H groups in total. The lowest BCUT2D eigenvalue weighted by atomic mass is 10.1. The zero-order chi connectivity index (χ0) is 18.7. The van der Waals surface area contributed by atoms with E-state index in [1.54, 1.807) is 6.21 Å². The number of rotatable bonds is 6. The van der Waals surface area contributed by atoms with E-state index in [9.17, 15) is 14.7 Å². The lowest BCUT2D eigenvalue weighted by Gasteiger charge is -2.05. The standard InChI is InChI=1S/C17H15N3O4S2/c21-14(19-9-15(22)23)5-6-20-16(24)13(26-17(20)25)7-10-8-18-12-4-2-1-3-11(10)12/h1-4,7-8,24H,5-6,9H2,(H,19,21)(H,22,23)/b10-7+. The van der Waals surface area contributed by atoms with Crippen LogP contribution in [0.5, 0.6) is 5.88 Å². The first-order chi connectivity index (χ1) is 12.5. The molecular formula is C17H15N3O4S2. The van der Waals surface area contributed by atoms with Gasteiger partial charge >= 0.3 is 5.97 Å². The highest BCUT2D eigenvalue weighted by atomic mass is 32.1. The Morgan fingerprint density at radius 3 is 2.88 bits per heavy atom. The SMILES string of the molecule is O=C(O)CNC(=O)CCn1c(O)c(/C=C2\C=Nc3ccccc32)sc1=S. The van der Waals surface area contributed by atoms with Crippen molar-refractivity contribution in [1.82, 2.24) is 9.88 Å². The number of nitrogens with one attached hydrogen (secondary N) is 1. The van der Waals surface area contributed by atoms with Gasteiger partial charge in [0.15, 0.2) is 3.95 Å². The first-order valence-electron chi connectivity index (χ1n) is 7.72. The Morgan fingerprint density at radius 2 is 2.12 bits per heavy atom. The van der Waals surface area contributed by atoms with E-state index in [-0.39, 0.29) is 18.8 Å². The monoisotopic (exact) mass is 389 g/mol. The average molecular weight is 389 g/mol. The maximum absolute atomic E-state index is 11.6. The fourth-order valence-corrected chi connectivity index (χ4v) is 3.79. The Bertz CT molecular complexity index is 988. The van der Waals surface area contributed by atoms with Crippen LogP contribution in [-0.2, 0) is 16.1 Å². The van der Waals surface area contributed by atoms with Crippen molar-refractivity contribution in [2.24, 2.45) is 4.99 Å². The molecule has 7 nitrogen and oxygen atoms in total. The number of carbonyl (C=O) groups excluding carboxylic acids is 1. The van der Waals surface area contributed by atoms with E-state index in [0.717, 1.165) is 16.8 Å². The number of hydrogen-bond acceptors (Lipinski definition) is 6. The molecule has 2 heterocycles. The first-order valence-corrected chi connectivity index (χ1v) is 8.94. The molecule has 134 valence electrons. The van der Waals surface area contributed by atoms with Crippen molar-refractivity contribution < 1.29 is 19.8 Å². The maximum atomic E-state index is 11.6. The molecule has 0 fully saturated rings. The van der Waals surface area contributed by atoms with Crippen LogP contribution in [0.2, 0.25) is 0 Å². The van der Waals surface area contributed by atoms with Crippen molar-refractivity contribution in [3.63, 3.8) is 0 Å². The second kappa shape index (κ2) is 7.63. The number of allylic oxidation sites excluding steroid dienone is 1. The summed E-state index contributed by atoms with van der Waals surface area (Å²) in [6, 6.07) is 7.69. The van der Waals surface area contributed by atoms with E-state index in [1.807, 2.05) is 30.3 Å². The summed E-state index contributed by atoms with van der Waals surface area (Å²) in [6.45, 7) is -0.267. The Kier molecular flexibility index (Phi) is 5.29. The lowest BCUT2D eigenvalue weighted by Crippen LogP contribution is -2.29. The molecule has 0 saturated carbocycles. The van der Waals surface area contributed by atoms with Gasteiger partial charge in [0.25, 0.3) is 0 Å². The Labute approximate surface area is 157 Å². The van der Waals surface area contributed by atoms with Gasteiger partial charge in [0.05, 0.1) is 10.6 Å². The molecule has 0 radical (unpaired) electrons. The molecule has 1 aliphatic heterocycles. The molecule has 0 unspecified atom stereocenters. The molecule has 0 bridgehead atoms. The van der Waals surface area contributed by atoms with Crippen LogP contribution in [0.25, 0.3) is 11.6 Å². The summed E-state index contributed by atoms with van der Waals surface area (Å²) in [5.74, 6) is -1.55. The van der Waals surface area contributed by atoms with Crippen molar-refractivity contribution in [3.05, 3.63) is 38.7 Å². The normalized spacial score (nSPS) is 13.8. The van der Waals surface area contributed by atoms with E-state index >= 15 is 0 Å². The van der Waals surface area contributed by atoms with Gasteiger partial charge in [-0.15, -0.1) is 11.3 Å². The number of aromatic hydroxyl groups is 1. The molecule has 2 aromatic rings. The molecule has 26 heavy (non-hydrogen) atoms. The van der Waals surface area contributed by atoms with Crippen LogP contribution in [-0.4, -0.2) is 39.4 Å². The number of para-hydroxylation sites is 1. The number of aliphatic imine (C=N–C) groups is 1. The van der Waals surface area contributed by atoms with Crippen molar-refractivity contribution >= 4 is 59.0 Å². The highest BCUT2D eigenvalue weighted by molar-refractivity contribution is 7.73. The largest absolute Gasteiger partial charge is 0.493 e. The van der Waals surface area contributed by atoms with Crippen molar-refractivity contribution in [1.29, 1.82) is 0 Å². The third-order valence-corrected chi connectivity index (χ3v) is 5.12. The van der Waals surface area contributed by atoms with Crippen molar-refractivity contribution in [2.75, 3.05) is 6.54 Å². The molecule has 0 atom stereocenters. The highest BCUT2D eigenvalue weighted by Crippen LogP contribution is 2.35. The van der Waals surface area contributed by atoms with Crippen LogP contribution in [0, 0.1) is 3.95 Å². The molecule has 1 amide bonds. The summed E-state index contributed by atoms with van der Waals surface area (Å²) < 4.78 is 1.90. The van der Waals surface area contributed by atoms with Gasteiger partial charge in [-0.2, -0.15) is 0 Å². The highest BCUT2D eigenvalue weighted by Gasteiger charge is 2.16. The van der Waals surface area contributed by atoms with Crippen LogP contribution >= 0.6 is 23.6 Å². The number of carboxylic acids is 1. The maximum Gasteiger partial charge on any atom is 0.322 e. The van der Waals surface area contributed by atoms with Crippen LogP contribution in [0.15, 0.2) is 29.3 Å². The number of hydrogen-bond donors (Lipinski definition) is 3. The molecule has 3 rings (SSSR count). The summed E-state index contributed by atoms with van der Waals surface area (Å²) >= 11 is 6.51. The summed E-state index contributed by atoms with van der Waals surface area (Å²) in [5.41, 5.74) is 2.72. The van der Waals surface area contributed by atoms with Crippen LogP contribution in [0.4, 0.5) is 5.69 Å². The van der Waals surface area contributed by atoms with E-state index in [1.165, 1.54) is 15.9 Å². The Hall–Kier alpha value is -2.78. The molecule has 9 heteroatoms. The number of aromatic nitrogens is 1. The predicted molar refractivity (Wildman–Crippen MR) is 103 cm³/mol. The second-order valence-corrected chi connectivity index (χ2v) is 7.18. The van der Waals surface area contributed by atoms with E-state index in [4.69, 9.17) is 17.3 Å². The molecule has 0 saturated heterocycles. The zero-order valence-electron chi connectivity index (χ0n) is 13.5. The number of aliphatic carboxylic acids is 1. The molecular weight excluding hydrogens is 374 g/mol. The zero-order valence-corrected chi connectivity index (χ0v) is 15.1. The number of nitrogens with zero attached hydrogens (tertiary/aromatic N) is 2. The number of amides is 1. The van der Waals surface area contributed by atoms with Gasteiger partial charge < -0.3 is 15.5 Å². The van der Waals surface area contributed by atoms with E-state index < -0.39 is 18.4 Å². The molecule has 1 aromatic carbocycles. The number of benzene rings is 1. The van der Waals surface area contributed by atoms with E-state index in [2.05, 4.69) is 10.3 Å². The van der Waals surface area contributed by atoms with Gasteiger partial charge in [-0.05, 0) is 24.4 Å². The van der Waals surface area contributed by atoms with Crippen molar-refractivity contribution in [3.8, 4) is 5.88 Å². The van der Waals surface area contributed by atoms with Gasteiger partial charge in [-0.1, -0.05) is 18.2 Å². The average Bonchev–Trinajstić information content (AvgIpc) is 3.13. The van der Waals surface area contributed by atoms with Gasteiger partial charge in [-0.3, -0.25) is 19.1 Å². The number of carbonyl (C=O) groups is 2. The third-order valence-electron chi connectivity index (χ3n) is 3.74. The fourth-order valence-electron chi connectivity index (χ4n) is 2.48. The van der Waals surface area contributed by atoms with Gasteiger partial charge in [-0.25, -0.2) is 0 Å². The Balaban J connectivity index is 1.76. The molecule has 0 spiro atoms. The molecule has 1 aliphatic rings. The molecule has 0 aliphatic carbocycles. The minimum Gasteiger partial charge on any atom is -0.493 e. The van der Waals surface area contributed by atoms with Gasteiger partial charge in [0.2, 0.25) is 11.8 Å². The molecule has 1 aromatic heterocycles. The minimum atomic E-state index is -1.11. The third kappa shape index (κ3) is 3.89. The predicted octanol–water partition coefficient (Wildman–Crippen LogP) is 2.83. The quantitative estimate of drug-likeness (QED) is 0.659. The number of thiazole rings is 1. The summed E-state index contributed by atoms with van der Waals surface area (Å²) in [7, 11) is 0. The number of carboxylic acid groups (broad SMARTS) is 1. The summed E-state index contributed by atoms with van der Waals surface area (Å²) in [6.07, 6.45) is 3.56. The smallest absolute Gasteiger partial charge is 0.322 e. The second-order valence-electron chi connectivity index (χ2n) is 5.50. The van der Waals surface area contributed by atoms with Crippen LogP contribution < -0.4 is 5.32 Å². The van der Waals surface area contributed by atoms with Crippen molar-refractivity contribution in [2.45, 2.75) is 13.0 Å². The summed E-state index contributed by atoms with van der Waals surface area (Å²) in [5, 5.41) is 21.3. The van der Waals surface area contributed by atoms with Gasteiger partial charge in [0.1, 0.15) is 6.54 Å². The summed E-state index contributed by atoms with van der Waals surface area (Å²) in [4.78, 5) is 27.0. The fraction of sp³-hybridized carbons (Fsp3) is 0.176. The minimum absolute atomic E-state index is 0.0173. The van der Waals surface area contributed by atoms with Crippen LogP contribution in [0.1, 0.15) is 16.9 Å². The van der Waals surface area contributed by atoms with Gasteiger partial charge in [0, 0.05) is 30.3 Å².